The van der Waals surface area contributed by atoms with E-state index in [1.807, 2.05) is 31.3 Å². The quantitative estimate of drug-likeness (QED) is 0.828. The van der Waals surface area contributed by atoms with Crippen LogP contribution in [0.25, 0.3) is 0 Å². The maximum atomic E-state index is 11.7. The molecule has 1 aliphatic heterocycles. The molecule has 1 amide bonds. The van der Waals surface area contributed by atoms with Gasteiger partial charge in [0.1, 0.15) is 0 Å². The highest BCUT2D eigenvalue weighted by molar-refractivity contribution is 5.82. The molecule has 1 aromatic rings. The molecule has 0 aromatic heterocycles. The maximum Gasteiger partial charge on any atom is 0.241 e. The van der Waals surface area contributed by atoms with Crippen molar-refractivity contribution in [3.05, 3.63) is 29.8 Å². The molecule has 0 spiro atoms. The molecular formula is C13H18N2O2. The minimum Gasteiger partial charge on any atom is -0.396 e. The first-order valence-corrected chi connectivity index (χ1v) is 5.90. The molecule has 0 bridgehead atoms. The molecule has 1 aliphatic rings. The Morgan fingerprint density at radius 1 is 1.29 bits per heavy atom. The van der Waals surface area contributed by atoms with Crippen LogP contribution in [0, 0.1) is 0 Å². The standard InChI is InChI=1S/C13H18N2O2/c1-14-7-8-15(10-13(14)17)12-5-3-2-4-11(12)6-9-16/h2-5,16H,6-10H2,1H3. The van der Waals surface area contributed by atoms with E-state index in [9.17, 15) is 4.79 Å². The third kappa shape index (κ3) is 2.58. The number of hydrogen-bond acceptors (Lipinski definition) is 3. The first kappa shape index (κ1) is 11.9. The number of amides is 1. The Bertz CT molecular complexity index is 406. The third-order valence-electron chi connectivity index (χ3n) is 3.17. The number of benzene rings is 1. The molecule has 4 nitrogen and oxygen atoms in total. The van der Waals surface area contributed by atoms with Gasteiger partial charge in [-0.05, 0) is 18.1 Å². The number of rotatable bonds is 3. The van der Waals surface area contributed by atoms with Crippen LogP contribution < -0.4 is 4.90 Å². The largest absolute Gasteiger partial charge is 0.396 e. The van der Waals surface area contributed by atoms with Gasteiger partial charge in [0.05, 0.1) is 6.54 Å². The van der Waals surface area contributed by atoms with Gasteiger partial charge in [-0.25, -0.2) is 0 Å². The SMILES string of the molecule is CN1CCN(c2ccccc2CCO)CC1=O. The molecule has 0 saturated carbocycles. The summed E-state index contributed by atoms with van der Waals surface area (Å²) in [5.74, 6) is 0.148. The van der Waals surface area contributed by atoms with Crippen molar-refractivity contribution in [1.29, 1.82) is 0 Å². The van der Waals surface area contributed by atoms with Crippen LogP contribution in [-0.4, -0.2) is 49.2 Å². The zero-order valence-corrected chi connectivity index (χ0v) is 10.1. The van der Waals surface area contributed by atoms with Crippen molar-refractivity contribution in [2.24, 2.45) is 0 Å². The van der Waals surface area contributed by atoms with Gasteiger partial charge in [0, 0.05) is 32.4 Å². The van der Waals surface area contributed by atoms with Crippen LogP contribution >= 0.6 is 0 Å². The van der Waals surface area contributed by atoms with Crippen LogP contribution in [0.3, 0.4) is 0 Å². The number of aliphatic hydroxyl groups is 1. The molecule has 0 unspecified atom stereocenters. The van der Waals surface area contributed by atoms with Crippen molar-refractivity contribution < 1.29 is 9.90 Å². The van der Waals surface area contributed by atoms with E-state index in [1.165, 1.54) is 0 Å². The molecule has 1 heterocycles. The van der Waals surface area contributed by atoms with Gasteiger partial charge < -0.3 is 14.9 Å². The van der Waals surface area contributed by atoms with Gasteiger partial charge >= 0.3 is 0 Å². The van der Waals surface area contributed by atoms with Gasteiger partial charge in [-0.1, -0.05) is 18.2 Å². The first-order chi connectivity index (χ1) is 8.22. The Morgan fingerprint density at radius 2 is 2.06 bits per heavy atom. The lowest BCUT2D eigenvalue weighted by atomic mass is 10.1. The predicted octanol–water partition coefficient (Wildman–Crippen LogP) is 0.500. The number of nitrogens with zero attached hydrogens (tertiary/aromatic N) is 2. The fourth-order valence-electron chi connectivity index (χ4n) is 2.12. The smallest absolute Gasteiger partial charge is 0.241 e. The molecular weight excluding hydrogens is 216 g/mol. The van der Waals surface area contributed by atoms with Crippen molar-refractivity contribution in [3.63, 3.8) is 0 Å². The van der Waals surface area contributed by atoms with Crippen molar-refractivity contribution in [1.82, 2.24) is 4.90 Å². The van der Waals surface area contributed by atoms with Crippen LogP contribution in [0.5, 0.6) is 0 Å². The molecule has 2 rings (SSSR count). The molecule has 1 N–H and O–H groups in total. The molecule has 0 atom stereocenters. The lowest BCUT2D eigenvalue weighted by molar-refractivity contribution is -0.129. The van der Waals surface area contributed by atoms with E-state index in [1.54, 1.807) is 4.90 Å². The molecule has 4 heteroatoms. The topological polar surface area (TPSA) is 43.8 Å². The van der Waals surface area contributed by atoms with E-state index in [0.717, 1.165) is 24.3 Å². The van der Waals surface area contributed by atoms with Crippen molar-refractivity contribution >= 4 is 11.6 Å². The summed E-state index contributed by atoms with van der Waals surface area (Å²) in [4.78, 5) is 15.5. The van der Waals surface area contributed by atoms with E-state index in [0.29, 0.717) is 13.0 Å². The summed E-state index contributed by atoms with van der Waals surface area (Å²) in [7, 11) is 1.83. The summed E-state index contributed by atoms with van der Waals surface area (Å²) >= 11 is 0. The second-order valence-corrected chi connectivity index (χ2v) is 4.34. The Morgan fingerprint density at radius 3 is 2.76 bits per heavy atom. The third-order valence-corrected chi connectivity index (χ3v) is 3.17. The number of aliphatic hydroxyl groups excluding tert-OH is 1. The average Bonchev–Trinajstić information content (AvgIpc) is 2.34. The molecule has 1 aromatic carbocycles. The van der Waals surface area contributed by atoms with Crippen LogP contribution in [0.2, 0.25) is 0 Å². The van der Waals surface area contributed by atoms with E-state index in [2.05, 4.69) is 4.90 Å². The molecule has 1 fully saturated rings. The zero-order chi connectivity index (χ0) is 12.3. The normalized spacial score (nSPS) is 16.5. The summed E-state index contributed by atoms with van der Waals surface area (Å²) in [6.45, 7) is 2.18. The van der Waals surface area contributed by atoms with Gasteiger partial charge in [0.15, 0.2) is 0 Å². The fourth-order valence-corrected chi connectivity index (χ4v) is 2.12. The van der Waals surface area contributed by atoms with Gasteiger partial charge in [-0.3, -0.25) is 4.79 Å². The lowest BCUT2D eigenvalue weighted by Crippen LogP contribution is -2.48. The Balaban J connectivity index is 2.19. The monoisotopic (exact) mass is 234 g/mol. The highest BCUT2D eigenvalue weighted by atomic mass is 16.3. The van der Waals surface area contributed by atoms with Crippen LogP contribution in [0.4, 0.5) is 5.69 Å². The van der Waals surface area contributed by atoms with Crippen molar-refractivity contribution in [3.8, 4) is 0 Å². The van der Waals surface area contributed by atoms with Gasteiger partial charge in [0.2, 0.25) is 5.91 Å². The summed E-state index contributed by atoms with van der Waals surface area (Å²) in [5.41, 5.74) is 2.18. The number of carbonyl (C=O) groups excluding carboxylic acids is 1. The van der Waals surface area contributed by atoms with E-state index in [-0.39, 0.29) is 12.5 Å². The number of piperazine rings is 1. The van der Waals surface area contributed by atoms with Crippen LogP contribution in [0.1, 0.15) is 5.56 Å². The Kier molecular flexibility index (Phi) is 3.64. The summed E-state index contributed by atoms with van der Waals surface area (Å²) in [6.07, 6.45) is 0.636. The number of hydrogen-bond donors (Lipinski definition) is 1. The van der Waals surface area contributed by atoms with E-state index < -0.39 is 0 Å². The summed E-state index contributed by atoms with van der Waals surface area (Å²) in [6, 6.07) is 7.96. The van der Waals surface area contributed by atoms with Crippen LogP contribution in [0.15, 0.2) is 24.3 Å². The number of para-hydroxylation sites is 1. The first-order valence-electron chi connectivity index (χ1n) is 5.90. The van der Waals surface area contributed by atoms with Gasteiger partial charge in [-0.15, -0.1) is 0 Å². The second kappa shape index (κ2) is 5.19. The number of carbonyl (C=O) groups is 1. The van der Waals surface area contributed by atoms with E-state index >= 15 is 0 Å². The van der Waals surface area contributed by atoms with Gasteiger partial charge in [0.25, 0.3) is 0 Å². The van der Waals surface area contributed by atoms with Crippen LogP contribution in [-0.2, 0) is 11.2 Å². The molecule has 92 valence electrons. The van der Waals surface area contributed by atoms with E-state index in [4.69, 9.17) is 5.11 Å². The highest BCUT2D eigenvalue weighted by Gasteiger charge is 2.22. The number of anilines is 1. The van der Waals surface area contributed by atoms with Crippen molar-refractivity contribution in [2.45, 2.75) is 6.42 Å². The van der Waals surface area contributed by atoms with Crippen molar-refractivity contribution in [2.75, 3.05) is 38.2 Å². The minimum absolute atomic E-state index is 0.138. The minimum atomic E-state index is 0.138. The van der Waals surface area contributed by atoms with Gasteiger partial charge in [-0.2, -0.15) is 0 Å². The lowest BCUT2D eigenvalue weighted by Gasteiger charge is -2.34. The fraction of sp³-hybridized carbons (Fsp3) is 0.462. The summed E-state index contributed by atoms with van der Waals surface area (Å²) < 4.78 is 0. The zero-order valence-electron chi connectivity index (χ0n) is 10.1. The second-order valence-electron chi connectivity index (χ2n) is 4.34. The molecule has 17 heavy (non-hydrogen) atoms. The Hall–Kier alpha value is -1.55. The molecule has 1 saturated heterocycles. The number of likely N-dealkylation sites (N-methyl/N-ethyl adjacent to an activating group) is 1. The maximum absolute atomic E-state index is 11.7. The summed E-state index contributed by atoms with van der Waals surface area (Å²) in [5, 5.41) is 9.04. The Labute approximate surface area is 101 Å². The molecule has 0 radical (unpaired) electrons. The molecule has 0 aliphatic carbocycles. The highest BCUT2D eigenvalue weighted by Crippen LogP contribution is 2.22. The average molecular weight is 234 g/mol. The predicted molar refractivity (Wildman–Crippen MR) is 67.1 cm³/mol.